The monoisotopic (exact) mass is 289 g/mol. The zero-order valence-corrected chi connectivity index (χ0v) is 12.1. The van der Waals surface area contributed by atoms with Crippen molar-refractivity contribution in [2.45, 2.75) is 6.92 Å². The Morgan fingerprint density at radius 3 is 2.50 bits per heavy atom. The number of aromatic nitrogens is 2. The van der Waals surface area contributed by atoms with Crippen LogP contribution in [0.5, 0.6) is 0 Å². The first kappa shape index (κ1) is 12.7. The van der Waals surface area contributed by atoms with Crippen LogP contribution in [0.25, 0.3) is 33.1 Å². The Morgan fingerprint density at radius 2 is 1.73 bits per heavy atom. The molecule has 0 unspecified atom stereocenters. The second kappa shape index (κ2) is 4.49. The van der Waals surface area contributed by atoms with E-state index < -0.39 is 0 Å². The Kier molecular flexibility index (Phi) is 2.60. The molecule has 4 rings (SSSR count). The van der Waals surface area contributed by atoms with Gasteiger partial charge in [0.05, 0.1) is 11.0 Å². The molecular weight excluding hydrogens is 274 g/mol. The van der Waals surface area contributed by atoms with Crippen molar-refractivity contribution in [2.24, 2.45) is 0 Å². The molecule has 2 aromatic carbocycles. The molecule has 4 aromatic rings. The SMILES string of the molecule is Cc1ccc2[nH]c3c(-c4ccccc4)c(N)c(=O)[nH]c3c2c1. The van der Waals surface area contributed by atoms with Gasteiger partial charge >= 0.3 is 0 Å². The Balaban J connectivity index is 2.22. The molecule has 22 heavy (non-hydrogen) atoms. The van der Waals surface area contributed by atoms with Gasteiger partial charge in [0.25, 0.3) is 5.56 Å². The van der Waals surface area contributed by atoms with Gasteiger partial charge in [0.1, 0.15) is 5.69 Å². The minimum absolute atomic E-state index is 0.238. The van der Waals surface area contributed by atoms with E-state index in [1.54, 1.807) is 0 Å². The molecule has 4 nitrogen and oxygen atoms in total. The lowest BCUT2D eigenvalue weighted by Gasteiger charge is -2.07. The molecule has 0 radical (unpaired) electrons. The third-order valence-corrected chi connectivity index (χ3v) is 4.02. The fraction of sp³-hybridized carbons (Fsp3) is 0.0556. The average Bonchev–Trinajstić information content (AvgIpc) is 2.87. The first-order valence-corrected chi connectivity index (χ1v) is 7.14. The van der Waals surface area contributed by atoms with Crippen LogP contribution in [-0.4, -0.2) is 9.97 Å². The van der Waals surface area contributed by atoms with E-state index in [9.17, 15) is 4.79 Å². The number of pyridine rings is 1. The van der Waals surface area contributed by atoms with Crippen LogP contribution in [0.1, 0.15) is 5.56 Å². The van der Waals surface area contributed by atoms with E-state index in [1.807, 2.05) is 49.4 Å². The number of rotatable bonds is 1. The number of anilines is 1. The molecule has 2 aromatic heterocycles. The molecule has 0 spiro atoms. The van der Waals surface area contributed by atoms with Crippen molar-refractivity contribution in [1.29, 1.82) is 0 Å². The summed E-state index contributed by atoms with van der Waals surface area (Å²) >= 11 is 0. The highest BCUT2D eigenvalue weighted by atomic mass is 16.1. The normalized spacial score (nSPS) is 11.3. The van der Waals surface area contributed by atoms with Gasteiger partial charge in [-0.05, 0) is 24.6 Å². The minimum Gasteiger partial charge on any atom is -0.394 e. The van der Waals surface area contributed by atoms with E-state index in [-0.39, 0.29) is 11.2 Å². The van der Waals surface area contributed by atoms with E-state index in [2.05, 4.69) is 16.0 Å². The highest BCUT2D eigenvalue weighted by Crippen LogP contribution is 2.34. The van der Waals surface area contributed by atoms with E-state index >= 15 is 0 Å². The number of nitrogens with two attached hydrogens (primary N) is 1. The molecule has 0 aliphatic carbocycles. The van der Waals surface area contributed by atoms with Crippen molar-refractivity contribution in [3.8, 4) is 11.1 Å². The molecule has 0 atom stereocenters. The lowest BCUT2D eigenvalue weighted by Crippen LogP contribution is -2.13. The fourth-order valence-corrected chi connectivity index (χ4v) is 2.96. The van der Waals surface area contributed by atoms with Gasteiger partial charge in [-0.1, -0.05) is 42.0 Å². The molecule has 108 valence electrons. The summed E-state index contributed by atoms with van der Waals surface area (Å²) in [7, 11) is 0. The molecule has 0 aliphatic heterocycles. The number of nitrogen functional groups attached to an aromatic ring is 1. The molecular formula is C18H15N3O. The third kappa shape index (κ3) is 1.74. The van der Waals surface area contributed by atoms with Gasteiger partial charge < -0.3 is 15.7 Å². The van der Waals surface area contributed by atoms with Gasteiger partial charge in [-0.2, -0.15) is 0 Å². The lowest BCUT2D eigenvalue weighted by atomic mass is 10.0. The van der Waals surface area contributed by atoms with Gasteiger partial charge in [-0.3, -0.25) is 4.79 Å². The number of benzene rings is 2. The van der Waals surface area contributed by atoms with E-state index in [1.165, 1.54) is 0 Å². The first-order chi connectivity index (χ1) is 10.6. The smallest absolute Gasteiger partial charge is 0.272 e. The summed E-state index contributed by atoms with van der Waals surface area (Å²) in [5.74, 6) is 0. The third-order valence-electron chi connectivity index (χ3n) is 4.02. The number of hydrogen-bond donors (Lipinski definition) is 3. The highest BCUT2D eigenvalue weighted by Gasteiger charge is 2.15. The van der Waals surface area contributed by atoms with Crippen LogP contribution in [0, 0.1) is 6.92 Å². The molecule has 4 heteroatoms. The quantitative estimate of drug-likeness (QED) is 0.501. The summed E-state index contributed by atoms with van der Waals surface area (Å²) in [5.41, 5.74) is 11.5. The molecule has 0 fully saturated rings. The maximum atomic E-state index is 12.3. The van der Waals surface area contributed by atoms with Crippen LogP contribution in [0.3, 0.4) is 0 Å². The standard InChI is InChI=1S/C18H15N3O/c1-10-7-8-13-12(9-10)16-17(20-13)14(15(19)18(22)21-16)11-5-3-2-4-6-11/h2-9,20H,19H2,1H3,(H,21,22). The first-order valence-electron chi connectivity index (χ1n) is 7.14. The van der Waals surface area contributed by atoms with Crippen molar-refractivity contribution in [3.05, 3.63) is 64.4 Å². The van der Waals surface area contributed by atoms with Gasteiger partial charge in [0.2, 0.25) is 0 Å². The van der Waals surface area contributed by atoms with E-state index in [0.29, 0.717) is 0 Å². The Hall–Kier alpha value is -3.01. The summed E-state index contributed by atoms with van der Waals surface area (Å²) in [6.07, 6.45) is 0. The summed E-state index contributed by atoms with van der Waals surface area (Å²) in [6, 6.07) is 15.9. The molecule has 0 saturated carbocycles. The number of nitrogens with one attached hydrogen (secondary N) is 2. The van der Waals surface area contributed by atoms with Crippen molar-refractivity contribution in [2.75, 3.05) is 5.73 Å². The largest absolute Gasteiger partial charge is 0.394 e. The van der Waals surface area contributed by atoms with E-state index in [0.717, 1.165) is 38.6 Å². The van der Waals surface area contributed by atoms with Crippen molar-refractivity contribution < 1.29 is 0 Å². The number of aromatic amines is 2. The predicted molar refractivity (Wildman–Crippen MR) is 91.0 cm³/mol. The van der Waals surface area contributed by atoms with Crippen molar-refractivity contribution in [1.82, 2.24) is 9.97 Å². The molecule has 0 amide bonds. The van der Waals surface area contributed by atoms with Gasteiger partial charge in [0.15, 0.2) is 0 Å². The summed E-state index contributed by atoms with van der Waals surface area (Å²) in [5, 5.41) is 1.00. The van der Waals surface area contributed by atoms with Crippen molar-refractivity contribution >= 4 is 27.6 Å². The van der Waals surface area contributed by atoms with Gasteiger partial charge in [-0.15, -0.1) is 0 Å². The topological polar surface area (TPSA) is 74.7 Å². The van der Waals surface area contributed by atoms with Crippen LogP contribution in [0.15, 0.2) is 53.3 Å². The van der Waals surface area contributed by atoms with Gasteiger partial charge in [0, 0.05) is 16.5 Å². The molecule has 4 N–H and O–H groups in total. The number of aryl methyl sites for hydroxylation is 1. The zero-order chi connectivity index (χ0) is 15.3. The average molecular weight is 289 g/mol. The van der Waals surface area contributed by atoms with Gasteiger partial charge in [-0.25, -0.2) is 0 Å². The predicted octanol–water partition coefficient (Wildman–Crippen LogP) is 3.57. The zero-order valence-electron chi connectivity index (χ0n) is 12.1. The maximum absolute atomic E-state index is 12.3. The lowest BCUT2D eigenvalue weighted by molar-refractivity contribution is 1.31. The Bertz CT molecular complexity index is 1060. The minimum atomic E-state index is -0.256. The fourth-order valence-electron chi connectivity index (χ4n) is 2.96. The Labute approximate surface area is 126 Å². The highest BCUT2D eigenvalue weighted by molar-refractivity contribution is 6.11. The summed E-state index contributed by atoms with van der Waals surface area (Å²) in [6.45, 7) is 2.03. The van der Waals surface area contributed by atoms with Crippen LogP contribution in [-0.2, 0) is 0 Å². The van der Waals surface area contributed by atoms with E-state index in [4.69, 9.17) is 5.73 Å². The number of hydrogen-bond acceptors (Lipinski definition) is 2. The summed E-state index contributed by atoms with van der Waals surface area (Å²) < 4.78 is 0. The van der Waals surface area contributed by atoms with Crippen LogP contribution < -0.4 is 11.3 Å². The maximum Gasteiger partial charge on any atom is 0.272 e. The Morgan fingerprint density at radius 1 is 0.955 bits per heavy atom. The second-order valence-electron chi connectivity index (χ2n) is 5.53. The molecule has 0 saturated heterocycles. The molecule has 2 heterocycles. The summed E-state index contributed by atoms with van der Waals surface area (Å²) in [4.78, 5) is 18.6. The van der Waals surface area contributed by atoms with Crippen LogP contribution in [0.2, 0.25) is 0 Å². The number of fused-ring (bicyclic) bond motifs is 3. The molecule has 0 bridgehead atoms. The van der Waals surface area contributed by atoms with Crippen LogP contribution >= 0.6 is 0 Å². The van der Waals surface area contributed by atoms with Crippen LogP contribution in [0.4, 0.5) is 5.69 Å². The molecule has 0 aliphatic rings. The van der Waals surface area contributed by atoms with Crippen molar-refractivity contribution in [3.63, 3.8) is 0 Å². The second-order valence-corrected chi connectivity index (χ2v) is 5.53. The number of H-pyrrole nitrogens is 2.